The molecule has 5 nitrogen and oxygen atoms in total. The van der Waals surface area contributed by atoms with E-state index in [0.29, 0.717) is 13.2 Å². The van der Waals surface area contributed by atoms with Crippen molar-refractivity contribution in [3.8, 4) is 0 Å². The van der Waals surface area contributed by atoms with Crippen molar-refractivity contribution in [2.75, 3.05) is 32.8 Å². The van der Waals surface area contributed by atoms with Crippen LogP contribution in [0.1, 0.15) is 41.3 Å². The highest BCUT2D eigenvalue weighted by molar-refractivity contribution is 7.11. The molecule has 1 aromatic heterocycles. The molecule has 1 unspecified atom stereocenters. The predicted molar refractivity (Wildman–Crippen MR) is 89.6 cm³/mol. The first-order valence-electron chi connectivity index (χ1n) is 8.90. The molecule has 2 aliphatic heterocycles. The van der Waals surface area contributed by atoms with Crippen LogP contribution >= 0.6 is 11.3 Å². The molecular weight excluding hydrogens is 310 g/mol. The van der Waals surface area contributed by atoms with Crippen LogP contribution in [-0.4, -0.2) is 59.6 Å². The number of fused-ring (bicyclic) bond motifs is 1. The van der Waals surface area contributed by atoms with E-state index in [1.54, 1.807) is 0 Å². The summed E-state index contributed by atoms with van der Waals surface area (Å²) in [5.41, 5.74) is 1.32. The van der Waals surface area contributed by atoms with E-state index >= 15 is 0 Å². The van der Waals surface area contributed by atoms with Crippen LogP contribution in [0.3, 0.4) is 0 Å². The van der Waals surface area contributed by atoms with E-state index in [-0.39, 0.29) is 12.0 Å². The molecule has 1 amide bonds. The summed E-state index contributed by atoms with van der Waals surface area (Å²) in [5, 5.41) is 1.21. The minimum atomic E-state index is -0.284. The fraction of sp³-hybridized carbons (Fsp3) is 0.765. The molecule has 0 saturated carbocycles. The van der Waals surface area contributed by atoms with Crippen LogP contribution in [-0.2, 0) is 28.9 Å². The lowest BCUT2D eigenvalue weighted by Crippen LogP contribution is -2.51. The van der Waals surface area contributed by atoms with Gasteiger partial charge < -0.3 is 9.64 Å². The van der Waals surface area contributed by atoms with Gasteiger partial charge in [-0.3, -0.25) is 9.69 Å². The van der Waals surface area contributed by atoms with Gasteiger partial charge in [0.2, 0.25) is 0 Å². The number of carbonyl (C=O) groups is 1. The van der Waals surface area contributed by atoms with Gasteiger partial charge >= 0.3 is 0 Å². The number of likely N-dealkylation sites (tertiary alicyclic amines) is 1. The van der Waals surface area contributed by atoms with Crippen LogP contribution in [0.5, 0.6) is 0 Å². The quantitative estimate of drug-likeness (QED) is 0.846. The molecule has 0 aromatic carbocycles. The average molecular weight is 335 g/mol. The van der Waals surface area contributed by atoms with Crippen molar-refractivity contribution in [3.63, 3.8) is 0 Å². The molecule has 3 aliphatic rings. The maximum Gasteiger partial charge on any atom is 0.253 e. The number of rotatable bonds is 3. The number of nitrogens with zero attached hydrogens (tertiary/aromatic N) is 3. The molecule has 126 valence electrons. The van der Waals surface area contributed by atoms with Crippen LogP contribution in [0.25, 0.3) is 0 Å². The maximum absolute atomic E-state index is 12.6. The molecule has 6 heteroatoms. The van der Waals surface area contributed by atoms with Crippen LogP contribution in [0.4, 0.5) is 0 Å². The van der Waals surface area contributed by atoms with E-state index < -0.39 is 0 Å². The third kappa shape index (κ3) is 3.44. The summed E-state index contributed by atoms with van der Waals surface area (Å²) in [4.78, 5) is 23.2. The highest BCUT2D eigenvalue weighted by Crippen LogP contribution is 2.28. The number of hydrogen-bond donors (Lipinski definition) is 0. The molecule has 0 N–H and O–H groups in total. The Labute approximate surface area is 141 Å². The summed E-state index contributed by atoms with van der Waals surface area (Å²) in [6, 6.07) is 0. The molecule has 0 radical (unpaired) electrons. The molecular formula is C17H25N3O2S. The Balaban J connectivity index is 1.35. The van der Waals surface area contributed by atoms with Crippen molar-refractivity contribution >= 4 is 17.2 Å². The van der Waals surface area contributed by atoms with Crippen molar-refractivity contribution in [1.29, 1.82) is 0 Å². The smallest absolute Gasteiger partial charge is 0.253 e. The summed E-state index contributed by atoms with van der Waals surface area (Å²) in [7, 11) is 0. The number of piperidine rings is 1. The second-order valence-electron chi connectivity index (χ2n) is 6.81. The van der Waals surface area contributed by atoms with Gasteiger partial charge in [0.15, 0.2) is 0 Å². The van der Waals surface area contributed by atoms with Gasteiger partial charge in [0, 0.05) is 31.1 Å². The average Bonchev–Trinajstić information content (AvgIpc) is 3.17. The minimum absolute atomic E-state index is 0.191. The summed E-state index contributed by atoms with van der Waals surface area (Å²) in [5.74, 6) is 0.191. The molecule has 0 bridgehead atoms. The predicted octanol–water partition coefficient (Wildman–Crippen LogP) is 1.85. The SMILES string of the molecule is O=C(C1CN(Cc2nc3c(s2)CCC3)CCO1)N1CCCCC1. The van der Waals surface area contributed by atoms with Crippen LogP contribution < -0.4 is 0 Å². The summed E-state index contributed by atoms with van der Waals surface area (Å²) < 4.78 is 5.77. The Kier molecular flexibility index (Phi) is 4.64. The number of amides is 1. The molecule has 2 saturated heterocycles. The van der Waals surface area contributed by atoms with E-state index in [1.165, 1.54) is 34.8 Å². The standard InChI is InChI=1S/C17H25N3O2S/c21-17(20-7-2-1-3-8-20)14-11-19(9-10-22-14)12-16-18-13-5-4-6-15(13)23-16/h14H,1-12H2. The first-order valence-corrected chi connectivity index (χ1v) is 9.71. The van der Waals surface area contributed by atoms with Crippen LogP contribution in [0.15, 0.2) is 0 Å². The molecule has 3 heterocycles. The zero-order chi connectivity index (χ0) is 15.6. The number of aromatic nitrogens is 1. The van der Waals surface area contributed by atoms with Gasteiger partial charge in [-0.25, -0.2) is 4.98 Å². The lowest BCUT2D eigenvalue weighted by Gasteiger charge is -2.35. The molecule has 23 heavy (non-hydrogen) atoms. The van der Waals surface area contributed by atoms with Gasteiger partial charge in [-0.15, -0.1) is 11.3 Å². The first kappa shape index (κ1) is 15.5. The minimum Gasteiger partial charge on any atom is -0.366 e. The molecule has 1 aromatic rings. The number of thiazole rings is 1. The monoisotopic (exact) mass is 335 g/mol. The lowest BCUT2D eigenvalue weighted by atomic mass is 10.1. The Bertz CT molecular complexity index is 547. The first-order chi connectivity index (χ1) is 11.3. The van der Waals surface area contributed by atoms with Gasteiger partial charge in [0.05, 0.1) is 18.8 Å². The van der Waals surface area contributed by atoms with Crippen molar-refractivity contribution in [1.82, 2.24) is 14.8 Å². The Morgan fingerprint density at radius 1 is 1.17 bits per heavy atom. The van der Waals surface area contributed by atoms with E-state index in [9.17, 15) is 4.79 Å². The third-order valence-electron chi connectivity index (χ3n) is 5.09. The number of ether oxygens (including phenoxy) is 1. The van der Waals surface area contributed by atoms with Crippen LogP contribution in [0.2, 0.25) is 0 Å². The molecule has 1 aliphatic carbocycles. The number of aryl methyl sites for hydroxylation is 2. The van der Waals surface area contributed by atoms with Crippen molar-refractivity contribution in [3.05, 3.63) is 15.6 Å². The van der Waals surface area contributed by atoms with E-state index in [2.05, 4.69) is 4.90 Å². The second kappa shape index (κ2) is 6.87. The topological polar surface area (TPSA) is 45.7 Å². The van der Waals surface area contributed by atoms with Gasteiger partial charge in [-0.05, 0) is 38.5 Å². The Morgan fingerprint density at radius 3 is 2.87 bits per heavy atom. The van der Waals surface area contributed by atoms with Crippen molar-refractivity contribution < 1.29 is 9.53 Å². The molecule has 1 atom stereocenters. The lowest BCUT2D eigenvalue weighted by molar-refractivity contribution is -0.150. The second-order valence-corrected chi connectivity index (χ2v) is 7.98. The Morgan fingerprint density at radius 2 is 2.04 bits per heavy atom. The molecule has 4 rings (SSSR count). The van der Waals surface area contributed by atoms with E-state index in [0.717, 1.165) is 45.4 Å². The summed E-state index contributed by atoms with van der Waals surface area (Å²) in [6.07, 6.45) is 6.83. The van der Waals surface area contributed by atoms with Crippen molar-refractivity contribution in [2.24, 2.45) is 0 Å². The largest absolute Gasteiger partial charge is 0.366 e. The zero-order valence-corrected chi connectivity index (χ0v) is 14.4. The van der Waals surface area contributed by atoms with Crippen molar-refractivity contribution in [2.45, 2.75) is 51.2 Å². The number of morpholine rings is 1. The normalized spacial score (nSPS) is 25.6. The fourth-order valence-electron chi connectivity index (χ4n) is 3.82. The van der Waals surface area contributed by atoms with Crippen LogP contribution in [0, 0.1) is 0 Å². The number of hydrogen-bond acceptors (Lipinski definition) is 5. The third-order valence-corrected chi connectivity index (χ3v) is 6.23. The fourth-order valence-corrected chi connectivity index (χ4v) is 5.02. The maximum atomic E-state index is 12.6. The van der Waals surface area contributed by atoms with Gasteiger partial charge in [0.25, 0.3) is 5.91 Å². The van der Waals surface area contributed by atoms with Gasteiger partial charge in [-0.2, -0.15) is 0 Å². The Hall–Kier alpha value is -0.980. The number of carbonyl (C=O) groups excluding carboxylic acids is 1. The zero-order valence-electron chi connectivity index (χ0n) is 13.6. The highest BCUT2D eigenvalue weighted by atomic mass is 32.1. The highest BCUT2D eigenvalue weighted by Gasteiger charge is 2.31. The summed E-state index contributed by atoms with van der Waals surface area (Å²) >= 11 is 1.86. The molecule has 2 fully saturated rings. The van der Waals surface area contributed by atoms with Gasteiger partial charge in [-0.1, -0.05) is 0 Å². The van der Waals surface area contributed by atoms with E-state index in [1.807, 2.05) is 16.2 Å². The van der Waals surface area contributed by atoms with E-state index in [4.69, 9.17) is 9.72 Å². The summed E-state index contributed by atoms with van der Waals surface area (Å²) in [6.45, 7) is 4.92. The van der Waals surface area contributed by atoms with Gasteiger partial charge in [0.1, 0.15) is 11.1 Å². The molecule has 0 spiro atoms.